The number of imidazole rings is 1. The third kappa shape index (κ3) is 2.60. The second-order valence-electron chi connectivity index (χ2n) is 7.25. The summed E-state index contributed by atoms with van der Waals surface area (Å²) >= 11 is 1.80. The van der Waals surface area contributed by atoms with E-state index in [1.54, 1.807) is 11.8 Å². The van der Waals surface area contributed by atoms with Gasteiger partial charge in [-0.05, 0) is 41.8 Å². The van der Waals surface area contributed by atoms with Gasteiger partial charge in [-0.2, -0.15) is 0 Å². The van der Waals surface area contributed by atoms with Gasteiger partial charge in [0, 0.05) is 16.8 Å². The molecule has 130 valence electrons. The van der Waals surface area contributed by atoms with E-state index in [1.807, 2.05) is 12.4 Å². The monoisotopic (exact) mass is 359 g/mol. The zero-order valence-electron chi connectivity index (χ0n) is 15.0. The van der Waals surface area contributed by atoms with Gasteiger partial charge in [0.1, 0.15) is 5.52 Å². The summed E-state index contributed by atoms with van der Waals surface area (Å²) in [6.45, 7) is 4.42. The van der Waals surface area contributed by atoms with Crippen LogP contribution < -0.4 is 0 Å². The average molecular weight is 359 g/mol. The highest BCUT2D eigenvalue weighted by Crippen LogP contribution is 2.44. The van der Waals surface area contributed by atoms with Crippen LogP contribution in [0.4, 0.5) is 0 Å². The summed E-state index contributed by atoms with van der Waals surface area (Å²) in [6, 6.07) is 15.5. The van der Waals surface area contributed by atoms with E-state index < -0.39 is 0 Å². The Bertz CT molecular complexity index is 1110. The molecule has 0 saturated heterocycles. The van der Waals surface area contributed by atoms with Crippen molar-refractivity contribution in [2.45, 2.75) is 43.0 Å². The number of nitrogens with zero attached hydrogens (tertiary/aromatic N) is 3. The molecule has 1 aliphatic carbocycles. The van der Waals surface area contributed by atoms with E-state index in [2.05, 4.69) is 65.9 Å². The maximum atomic E-state index is 4.87. The molecule has 0 radical (unpaired) electrons. The Morgan fingerprint density at radius 2 is 1.85 bits per heavy atom. The molecule has 2 heterocycles. The number of aromatic nitrogens is 3. The lowest BCUT2D eigenvalue weighted by Gasteiger charge is -2.15. The SMILES string of the molecule is CC(C)Sc1nc2cnccc2n1-c1ccc(C2CC2)c2ccccc12. The Balaban J connectivity index is 1.82. The molecule has 0 amide bonds. The summed E-state index contributed by atoms with van der Waals surface area (Å²) in [4.78, 5) is 9.13. The van der Waals surface area contributed by atoms with Gasteiger partial charge in [0.25, 0.3) is 0 Å². The highest BCUT2D eigenvalue weighted by atomic mass is 32.2. The molecule has 0 spiro atoms. The van der Waals surface area contributed by atoms with Crippen LogP contribution in [0, 0.1) is 0 Å². The second kappa shape index (κ2) is 6.13. The number of fused-ring (bicyclic) bond motifs is 2. The van der Waals surface area contributed by atoms with Crippen molar-refractivity contribution in [3.05, 3.63) is 60.4 Å². The first kappa shape index (κ1) is 15.9. The van der Waals surface area contributed by atoms with E-state index in [0.717, 1.165) is 22.1 Å². The number of hydrogen-bond acceptors (Lipinski definition) is 3. The van der Waals surface area contributed by atoms with Crippen LogP contribution in [-0.2, 0) is 0 Å². The zero-order valence-corrected chi connectivity index (χ0v) is 15.8. The first-order valence-electron chi connectivity index (χ1n) is 9.23. The molecule has 3 nitrogen and oxygen atoms in total. The van der Waals surface area contributed by atoms with Crippen molar-refractivity contribution >= 4 is 33.6 Å². The van der Waals surface area contributed by atoms with Crippen LogP contribution in [-0.4, -0.2) is 19.8 Å². The Labute approximate surface area is 157 Å². The minimum Gasteiger partial charge on any atom is -0.287 e. The van der Waals surface area contributed by atoms with Crippen LogP contribution in [0.3, 0.4) is 0 Å². The quantitative estimate of drug-likeness (QED) is 0.422. The Hall–Kier alpha value is -2.33. The molecule has 1 aliphatic rings. The summed E-state index contributed by atoms with van der Waals surface area (Å²) in [5.74, 6) is 0.738. The largest absolute Gasteiger partial charge is 0.287 e. The predicted octanol–water partition coefficient (Wildman–Crippen LogP) is 5.95. The summed E-state index contributed by atoms with van der Waals surface area (Å²) < 4.78 is 2.31. The highest BCUT2D eigenvalue weighted by Gasteiger charge is 2.26. The van der Waals surface area contributed by atoms with Gasteiger partial charge >= 0.3 is 0 Å². The molecule has 2 aromatic carbocycles. The van der Waals surface area contributed by atoms with Crippen molar-refractivity contribution < 1.29 is 0 Å². The van der Waals surface area contributed by atoms with Crippen molar-refractivity contribution in [2.75, 3.05) is 0 Å². The molecule has 26 heavy (non-hydrogen) atoms. The van der Waals surface area contributed by atoms with Gasteiger partial charge < -0.3 is 0 Å². The first-order chi connectivity index (χ1) is 12.7. The lowest BCUT2D eigenvalue weighted by molar-refractivity contribution is 0.916. The topological polar surface area (TPSA) is 30.7 Å². The lowest BCUT2D eigenvalue weighted by atomic mass is 9.99. The van der Waals surface area contributed by atoms with Gasteiger partial charge in [-0.15, -0.1) is 0 Å². The van der Waals surface area contributed by atoms with Crippen LogP contribution in [0.1, 0.15) is 38.2 Å². The molecular weight excluding hydrogens is 338 g/mol. The smallest absolute Gasteiger partial charge is 0.174 e. The molecule has 0 atom stereocenters. The summed E-state index contributed by atoms with van der Waals surface area (Å²) in [5.41, 5.74) is 4.77. The van der Waals surface area contributed by atoms with E-state index in [-0.39, 0.29) is 0 Å². The minimum absolute atomic E-state index is 0.468. The zero-order chi connectivity index (χ0) is 17.7. The normalized spacial score (nSPS) is 14.6. The lowest BCUT2D eigenvalue weighted by Crippen LogP contribution is -2.01. The van der Waals surface area contributed by atoms with E-state index >= 15 is 0 Å². The number of thioether (sulfide) groups is 1. The van der Waals surface area contributed by atoms with Crippen molar-refractivity contribution in [1.82, 2.24) is 14.5 Å². The molecule has 0 bridgehead atoms. The molecule has 5 rings (SSSR count). The second-order valence-corrected chi connectivity index (χ2v) is 8.80. The summed E-state index contributed by atoms with van der Waals surface area (Å²) in [7, 11) is 0. The number of benzene rings is 2. The van der Waals surface area contributed by atoms with Gasteiger partial charge in [-0.25, -0.2) is 4.98 Å². The van der Waals surface area contributed by atoms with Crippen LogP contribution in [0.5, 0.6) is 0 Å². The summed E-state index contributed by atoms with van der Waals surface area (Å²) in [6.07, 6.45) is 6.34. The van der Waals surface area contributed by atoms with Gasteiger partial charge in [-0.1, -0.05) is 55.9 Å². The molecule has 4 heteroatoms. The van der Waals surface area contributed by atoms with Gasteiger partial charge in [0.05, 0.1) is 17.4 Å². The Morgan fingerprint density at radius 3 is 2.62 bits per heavy atom. The van der Waals surface area contributed by atoms with Crippen LogP contribution in [0.2, 0.25) is 0 Å². The maximum absolute atomic E-state index is 4.87. The van der Waals surface area contributed by atoms with Gasteiger partial charge in [0.2, 0.25) is 0 Å². The number of pyridine rings is 1. The molecule has 0 unspecified atom stereocenters. The highest BCUT2D eigenvalue weighted by molar-refractivity contribution is 7.99. The average Bonchev–Trinajstić information content (AvgIpc) is 3.42. The van der Waals surface area contributed by atoms with Crippen molar-refractivity contribution in [2.24, 2.45) is 0 Å². The van der Waals surface area contributed by atoms with Crippen LogP contribution in [0.25, 0.3) is 27.5 Å². The fourth-order valence-corrected chi connectivity index (χ4v) is 4.56. The first-order valence-corrected chi connectivity index (χ1v) is 10.1. The van der Waals surface area contributed by atoms with E-state index in [9.17, 15) is 0 Å². The summed E-state index contributed by atoms with van der Waals surface area (Å²) in [5, 5.41) is 4.19. The van der Waals surface area contributed by atoms with Crippen LogP contribution in [0.15, 0.2) is 60.0 Å². The number of hydrogen-bond donors (Lipinski definition) is 0. The molecule has 1 saturated carbocycles. The van der Waals surface area contributed by atoms with Crippen molar-refractivity contribution in [1.29, 1.82) is 0 Å². The van der Waals surface area contributed by atoms with Gasteiger partial charge in [0.15, 0.2) is 5.16 Å². The Kier molecular flexibility index (Phi) is 3.75. The fraction of sp³-hybridized carbons (Fsp3) is 0.273. The fourth-order valence-electron chi connectivity index (χ4n) is 3.68. The van der Waals surface area contributed by atoms with Crippen molar-refractivity contribution in [3.63, 3.8) is 0 Å². The third-order valence-corrected chi connectivity index (χ3v) is 5.92. The molecule has 0 aliphatic heterocycles. The van der Waals surface area contributed by atoms with Gasteiger partial charge in [-0.3, -0.25) is 9.55 Å². The molecule has 0 N–H and O–H groups in total. The predicted molar refractivity (Wildman–Crippen MR) is 109 cm³/mol. The van der Waals surface area contributed by atoms with Crippen LogP contribution >= 0.6 is 11.8 Å². The standard InChI is InChI=1S/C22H21N3S/c1-14(2)26-22-24-19-13-23-12-11-21(19)25(22)20-10-9-16(15-7-8-15)17-5-3-4-6-18(17)20/h3-6,9-15H,7-8H2,1-2H3. The Morgan fingerprint density at radius 1 is 1.04 bits per heavy atom. The molecule has 4 aromatic rings. The van der Waals surface area contributed by atoms with E-state index in [0.29, 0.717) is 5.25 Å². The molecule has 2 aromatic heterocycles. The minimum atomic E-state index is 0.468. The molecule has 1 fully saturated rings. The van der Waals surface area contributed by atoms with E-state index in [4.69, 9.17) is 4.98 Å². The maximum Gasteiger partial charge on any atom is 0.174 e. The third-order valence-electron chi connectivity index (χ3n) is 4.96. The number of rotatable bonds is 4. The van der Waals surface area contributed by atoms with Crippen molar-refractivity contribution in [3.8, 4) is 5.69 Å². The molecular formula is C22H21N3S. The van der Waals surface area contributed by atoms with E-state index in [1.165, 1.54) is 34.9 Å².